The molecule has 0 radical (unpaired) electrons. The molecule has 1 amide bonds. The number of carbonyl (C=O) groups excluding carboxylic acids is 1. The molecule has 2 aromatic rings. The summed E-state index contributed by atoms with van der Waals surface area (Å²) in [6, 6.07) is 17.0. The van der Waals surface area contributed by atoms with Gasteiger partial charge in [0.15, 0.2) is 0 Å². The third kappa shape index (κ3) is 3.78. The maximum absolute atomic E-state index is 12.2. The normalized spacial score (nSPS) is 18.7. The topological polar surface area (TPSA) is 73.1 Å². The van der Waals surface area contributed by atoms with Gasteiger partial charge in [-0.1, -0.05) is 36.4 Å². The van der Waals surface area contributed by atoms with Crippen LogP contribution in [-0.4, -0.2) is 22.9 Å². The first-order valence-corrected chi connectivity index (χ1v) is 8.95. The Morgan fingerprint density at radius 3 is 2.75 bits per heavy atom. The van der Waals surface area contributed by atoms with Crippen molar-refractivity contribution in [1.29, 1.82) is 5.26 Å². The highest BCUT2D eigenvalue weighted by atomic mass is 32.2. The Morgan fingerprint density at radius 1 is 1.25 bits per heavy atom. The zero-order valence-corrected chi connectivity index (χ0v) is 13.9. The molecule has 1 aliphatic rings. The summed E-state index contributed by atoms with van der Waals surface area (Å²) in [5.74, 6) is 0.975. The van der Waals surface area contributed by atoms with Gasteiger partial charge in [-0.2, -0.15) is 5.26 Å². The van der Waals surface area contributed by atoms with Crippen molar-refractivity contribution in [3.63, 3.8) is 0 Å². The molecule has 5 heteroatoms. The van der Waals surface area contributed by atoms with E-state index >= 15 is 0 Å². The van der Waals surface area contributed by atoms with Crippen LogP contribution in [0.1, 0.15) is 28.3 Å². The van der Waals surface area contributed by atoms with Crippen molar-refractivity contribution < 1.29 is 9.90 Å². The molecule has 0 aliphatic heterocycles. The van der Waals surface area contributed by atoms with Crippen molar-refractivity contribution in [2.24, 2.45) is 0 Å². The number of amides is 1. The van der Waals surface area contributed by atoms with E-state index in [9.17, 15) is 9.90 Å². The van der Waals surface area contributed by atoms with E-state index in [0.717, 1.165) is 16.7 Å². The number of nitrogens with zero attached hydrogens (tertiary/aromatic N) is 1. The number of nitriles is 1. The van der Waals surface area contributed by atoms with Gasteiger partial charge in [-0.25, -0.2) is 0 Å². The fourth-order valence-corrected chi connectivity index (χ4v) is 3.70. The van der Waals surface area contributed by atoms with E-state index in [-0.39, 0.29) is 11.9 Å². The minimum absolute atomic E-state index is 0.0746. The van der Waals surface area contributed by atoms with Crippen LogP contribution >= 0.6 is 11.8 Å². The number of fused-ring (bicyclic) bond motifs is 1. The monoisotopic (exact) mass is 338 g/mol. The minimum Gasteiger partial charge on any atom is -0.390 e. The highest BCUT2D eigenvalue weighted by Crippen LogP contribution is 2.31. The predicted octanol–water partition coefficient (Wildman–Crippen LogP) is 2.57. The molecule has 3 rings (SSSR count). The average molecular weight is 338 g/mol. The van der Waals surface area contributed by atoms with Gasteiger partial charge < -0.3 is 10.4 Å². The van der Waals surface area contributed by atoms with Crippen molar-refractivity contribution in [3.8, 4) is 6.07 Å². The van der Waals surface area contributed by atoms with E-state index in [4.69, 9.17) is 5.26 Å². The Morgan fingerprint density at radius 2 is 2.00 bits per heavy atom. The molecule has 4 nitrogen and oxygen atoms in total. The molecule has 0 heterocycles. The summed E-state index contributed by atoms with van der Waals surface area (Å²) in [5.41, 5.74) is 3.82. The highest BCUT2D eigenvalue weighted by Gasteiger charge is 2.31. The van der Waals surface area contributed by atoms with E-state index in [1.54, 1.807) is 12.1 Å². The van der Waals surface area contributed by atoms with Crippen molar-refractivity contribution in [2.45, 2.75) is 24.3 Å². The van der Waals surface area contributed by atoms with Gasteiger partial charge in [-0.3, -0.25) is 4.79 Å². The number of aliphatic hydroxyl groups excluding tert-OH is 1. The van der Waals surface area contributed by atoms with Gasteiger partial charge in [-0.15, -0.1) is 11.8 Å². The molecule has 0 unspecified atom stereocenters. The lowest BCUT2D eigenvalue weighted by atomic mass is 10.1. The number of rotatable bonds is 5. The van der Waals surface area contributed by atoms with Crippen LogP contribution in [0, 0.1) is 11.3 Å². The summed E-state index contributed by atoms with van der Waals surface area (Å²) in [7, 11) is 0. The third-order valence-corrected chi connectivity index (χ3v) is 5.11. The second-order valence-electron chi connectivity index (χ2n) is 5.82. The molecule has 0 fully saturated rings. The van der Waals surface area contributed by atoms with E-state index in [1.807, 2.05) is 36.4 Å². The quantitative estimate of drug-likeness (QED) is 0.879. The molecule has 2 atom stereocenters. The molecular weight excluding hydrogens is 320 g/mol. The van der Waals surface area contributed by atoms with Crippen LogP contribution in [0.5, 0.6) is 0 Å². The summed E-state index contributed by atoms with van der Waals surface area (Å²) in [5, 5.41) is 21.9. The molecule has 0 spiro atoms. The maximum Gasteiger partial charge on any atom is 0.230 e. The standard InChI is InChI=1S/C19H18N2O2S/c20-10-13-5-7-14(8-6-13)11-24-12-18(23)21-19-16-4-2-1-3-15(16)9-17(19)22/h1-8,17,19,22H,9,11-12H2,(H,21,23)/t17-,19+/m1/s1. The number of aliphatic hydroxyl groups is 1. The fourth-order valence-electron chi connectivity index (χ4n) is 2.90. The van der Waals surface area contributed by atoms with Crippen molar-refractivity contribution in [3.05, 3.63) is 70.8 Å². The van der Waals surface area contributed by atoms with Crippen LogP contribution in [0.3, 0.4) is 0 Å². The number of benzene rings is 2. The van der Waals surface area contributed by atoms with Gasteiger partial charge in [-0.05, 0) is 28.8 Å². The molecule has 122 valence electrons. The van der Waals surface area contributed by atoms with Gasteiger partial charge in [0.05, 0.1) is 29.5 Å². The number of nitrogens with one attached hydrogen (secondary N) is 1. The van der Waals surface area contributed by atoms with Gasteiger partial charge in [0, 0.05) is 12.2 Å². The second-order valence-corrected chi connectivity index (χ2v) is 6.80. The summed E-state index contributed by atoms with van der Waals surface area (Å²) >= 11 is 1.52. The highest BCUT2D eigenvalue weighted by molar-refractivity contribution is 7.99. The largest absolute Gasteiger partial charge is 0.390 e. The van der Waals surface area contributed by atoms with Gasteiger partial charge in [0.1, 0.15) is 0 Å². The molecular formula is C19H18N2O2S. The SMILES string of the molecule is N#Cc1ccc(CSCC(=O)N[C@H]2c3ccccc3C[C@H]2O)cc1. The van der Waals surface area contributed by atoms with Gasteiger partial charge in [0.2, 0.25) is 5.91 Å². The first kappa shape index (κ1) is 16.6. The maximum atomic E-state index is 12.2. The molecule has 2 N–H and O–H groups in total. The van der Waals surface area contributed by atoms with E-state index < -0.39 is 6.10 Å². The molecule has 2 aromatic carbocycles. The average Bonchev–Trinajstić information content (AvgIpc) is 2.91. The Balaban J connectivity index is 1.50. The first-order chi connectivity index (χ1) is 11.7. The van der Waals surface area contributed by atoms with Crippen molar-refractivity contribution in [2.75, 3.05) is 5.75 Å². The smallest absolute Gasteiger partial charge is 0.230 e. The van der Waals surface area contributed by atoms with Crippen LogP contribution in [0.4, 0.5) is 0 Å². The number of thioether (sulfide) groups is 1. The Bertz CT molecular complexity index is 768. The third-order valence-electron chi connectivity index (χ3n) is 4.11. The number of hydrogen-bond donors (Lipinski definition) is 2. The molecule has 24 heavy (non-hydrogen) atoms. The molecule has 0 aromatic heterocycles. The van der Waals surface area contributed by atoms with Crippen LogP contribution < -0.4 is 5.32 Å². The van der Waals surface area contributed by atoms with Crippen LogP contribution in [0.25, 0.3) is 0 Å². The van der Waals surface area contributed by atoms with Crippen molar-refractivity contribution >= 4 is 17.7 Å². The summed E-state index contributed by atoms with van der Waals surface area (Å²) in [6.45, 7) is 0. The summed E-state index contributed by atoms with van der Waals surface area (Å²) in [4.78, 5) is 12.2. The fraction of sp³-hybridized carbons (Fsp3) is 0.263. The molecule has 1 aliphatic carbocycles. The lowest BCUT2D eigenvalue weighted by Gasteiger charge is -2.17. The van der Waals surface area contributed by atoms with E-state index in [0.29, 0.717) is 23.5 Å². The molecule has 0 bridgehead atoms. The van der Waals surface area contributed by atoms with Crippen molar-refractivity contribution in [1.82, 2.24) is 5.32 Å². The lowest BCUT2D eigenvalue weighted by molar-refractivity contribution is -0.120. The number of carbonyl (C=O) groups is 1. The van der Waals surface area contributed by atoms with Crippen LogP contribution in [0.15, 0.2) is 48.5 Å². The number of hydrogen-bond acceptors (Lipinski definition) is 4. The Hall–Kier alpha value is -2.29. The first-order valence-electron chi connectivity index (χ1n) is 7.79. The summed E-state index contributed by atoms with van der Waals surface area (Å²) < 4.78 is 0. The zero-order chi connectivity index (χ0) is 16.9. The minimum atomic E-state index is -0.560. The van der Waals surface area contributed by atoms with E-state index in [1.165, 1.54) is 11.8 Å². The second kappa shape index (κ2) is 7.52. The lowest BCUT2D eigenvalue weighted by Crippen LogP contribution is -2.34. The zero-order valence-electron chi connectivity index (χ0n) is 13.1. The predicted molar refractivity (Wildman–Crippen MR) is 94.4 cm³/mol. The molecule has 0 saturated carbocycles. The van der Waals surface area contributed by atoms with E-state index in [2.05, 4.69) is 11.4 Å². The van der Waals surface area contributed by atoms with Crippen LogP contribution in [0.2, 0.25) is 0 Å². The van der Waals surface area contributed by atoms with Gasteiger partial charge in [0.25, 0.3) is 0 Å². The Labute approximate surface area is 145 Å². The Kier molecular flexibility index (Phi) is 5.19. The summed E-state index contributed by atoms with van der Waals surface area (Å²) in [6.07, 6.45) is 0.0225. The molecule has 0 saturated heterocycles. The van der Waals surface area contributed by atoms with Gasteiger partial charge >= 0.3 is 0 Å². The van der Waals surface area contributed by atoms with Crippen LogP contribution in [-0.2, 0) is 17.0 Å².